The molecule has 0 spiro atoms. The summed E-state index contributed by atoms with van der Waals surface area (Å²) in [6, 6.07) is 7.49. The van der Waals surface area contributed by atoms with Crippen molar-refractivity contribution in [3.8, 4) is 0 Å². The van der Waals surface area contributed by atoms with Crippen molar-refractivity contribution in [1.29, 1.82) is 0 Å². The Kier molecular flexibility index (Phi) is 6.52. The number of carbonyl (C=O) groups excluding carboxylic acids is 1. The average molecular weight is 369 g/mol. The zero-order chi connectivity index (χ0) is 18.4. The maximum Gasteiger partial charge on any atom is 0.315 e. The Labute approximate surface area is 150 Å². The highest BCUT2D eigenvalue weighted by atomic mass is 32.2. The lowest BCUT2D eigenvalue weighted by Gasteiger charge is -2.25. The van der Waals surface area contributed by atoms with Crippen LogP contribution < -0.4 is 19.8 Å². The fourth-order valence-corrected chi connectivity index (χ4v) is 3.57. The normalized spacial score (nSPS) is 14.0. The van der Waals surface area contributed by atoms with Gasteiger partial charge in [-0.2, -0.15) is 0 Å². The Bertz CT molecular complexity index is 668. The Morgan fingerprint density at radius 1 is 1.12 bits per heavy atom. The first-order valence-electron chi connectivity index (χ1n) is 8.72. The Balaban J connectivity index is 2.00. The molecule has 0 saturated heterocycles. The predicted octanol–water partition coefficient (Wildman–Crippen LogP) is 1.76. The molecule has 0 radical (unpaired) electrons. The van der Waals surface area contributed by atoms with Crippen LogP contribution in [-0.4, -0.2) is 52.9 Å². The highest BCUT2D eigenvalue weighted by molar-refractivity contribution is 7.92. The fraction of sp³-hybridized carbons (Fsp3) is 0.588. The number of rotatable bonds is 9. The van der Waals surface area contributed by atoms with Gasteiger partial charge in [0.25, 0.3) is 0 Å². The smallest absolute Gasteiger partial charge is 0.315 e. The van der Waals surface area contributed by atoms with E-state index < -0.39 is 10.0 Å². The molecule has 1 aromatic rings. The van der Waals surface area contributed by atoms with Gasteiger partial charge in [-0.05, 0) is 51.0 Å². The molecule has 8 heteroatoms. The molecule has 0 atom stereocenters. The number of hydrogen-bond acceptors (Lipinski definition) is 4. The van der Waals surface area contributed by atoms with Gasteiger partial charge in [0.05, 0.1) is 18.5 Å². The lowest BCUT2D eigenvalue weighted by molar-refractivity contribution is 0.241. The number of carbonyl (C=O) groups is 1. The number of amides is 2. The summed E-state index contributed by atoms with van der Waals surface area (Å²) in [7, 11) is -3.42. The summed E-state index contributed by atoms with van der Waals surface area (Å²) in [5, 5.41) is 5.53. The largest absolute Gasteiger partial charge is 0.372 e. The third-order valence-electron chi connectivity index (χ3n) is 4.18. The highest BCUT2D eigenvalue weighted by Crippen LogP contribution is 2.22. The van der Waals surface area contributed by atoms with Crippen LogP contribution >= 0.6 is 0 Å². The molecule has 0 heterocycles. The lowest BCUT2D eigenvalue weighted by Crippen LogP contribution is -2.42. The van der Waals surface area contributed by atoms with Crippen molar-refractivity contribution in [2.45, 2.75) is 32.7 Å². The van der Waals surface area contributed by atoms with Crippen molar-refractivity contribution >= 4 is 27.4 Å². The number of benzene rings is 1. The summed E-state index contributed by atoms with van der Waals surface area (Å²) in [6.45, 7) is 6.40. The van der Waals surface area contributed by atoms with E-state index >= 15 is 0 Å². The van der Waals surface area contributed by atoms with Crippen molar-refractivity contribution in [2.24, 2.45) is 0 Å². The van der Waals surface area contributed by atoms with Gasteiger partial charge < -0.3 is 15.5 Å². The molecular formula is C17H28N4O3S. The van der Waals surface area contributed by atoms with Crippen molar-refractivity contribution in [3.63, 3.8) is 0 Å². The Morgan fingerprint density at radius 2 is 1.68 bits per heavy atom. The summed E-state index contributed by atoms with van der Waals surface area (Å²) >= 11 is 0. The number of anilines is 2. The fourth-order valence-electron chi connectivity index (χ4n) is 2.64. The van der Waals surface area contributed by atoms with Crippen LogP contribution in [0.2, 0.25) is 0 Å². The highest BCUT2D eigenvalue weighted by Gasteiger charge is 2.23. The molecule has 1 fully saturated rings. The van der Waals surface area contributed by atoms with Crippen LogP contribution in [0.4, 0.5) is 16.2 Å². The van der Waals surface area contributed by atoms with Crippen molar-refractivity contribution in [2.75, 3.05) is 41.6 Å². The van der Waals surface area contributed by atoms with Crippen LogP contribution in [0.3, 0.4) is 0 Å². The molecule has 0 unspecified atom stereocenters. The summed E-state index contributed by atoms with van der Waals surface area (Å²) in [6.07, 6.45) is 3.21. The molecule has 1 aliphatic rings. The average Bonchev–Trinajstić information content (AvgIpc) is 3.36. The van der Waals surface area contributed by atoms with Gasteiger partial charge >= 0.3 is 6.03 Å². The number of nitrogens with one attached hydrogen (secondary N) is 2. The van der Waals surface area contributed by atoms with Crippen molar-refractivity contribution in [1.82, 2.24) is 10.6 Å². The van der Waals surface area contributed by atoms with Crippen LogP contribution in [0.1, 0.15) is 26.7 Å². The first-order chi connectivity index (χ1) is 11.8. The Morgan fingerprint density at radius 3 is 2.16 bits per heavy atom. The second-order valence-electron chi connectivity index (χ2n) is 6.20. The minimum absolute atomic E-state index is 0.196. The SMILES string of the molecule is CCN(CC)c1ccc(N(CCNC(=O)NC2CC2)S(C)(=O)=O)cc1. The van der Waals surface area contributed by atoms with E-state index in [9.17, 15) is 13.2 Å². The van der Waals surface area contributed by atoms with Crippen LogP contribution in [0, 0.1) is 0 Å². The second kappa shape index (κ2) is 8.42. The van der Waals surface area contributed by atoms with Gasteiger partial charge in [0.1, 0.15) is 0 Å². The molecule has 0 aromatic heterocycles. The molecule has 1 saturated carbocycles. The summed E-state index contributed by atoms with van der Waals surface area (Å²) in [4.78, 5) is 13.8. The second-order valence-corrected chi connectivity index (χ2v) is 8.11. The summed E-state index contributed by atoms with van der Waals surface area (Å²) in [5.41, 5.74) is 1.66. The molecule has 2 amide bonds. The van der Waals surface area contributed by atoms with E-state index in [2.05, 4.69) is 29.4 Å². The van der Waals surface area contributed by atoms with E-state index in [1.807, 2.05) is 12.1 Å². The Hall–Kier alpha value is -1.96. The molecule has 7 nitrogen and oxygen atoms in total. The van der Waals surface area contributed by atoms with Gasteiger partial charge in [0.15, 0.2) is 0 Å². The van der Waals surface area contributed by atoms with E-state index in [0.29, 0.717) is 5.69 Å². The maximum absolute atomic E-state index is 12.1. The van der Waals surface area contributed by atoms with Gasteiger partial charge in [0.2, 0.25) is 10.0 Å². The molecular weight excluding hydrogens is 340 g/mol. The van der Waals surface area contributed by atoms with Crippen LogP contribution in [0.15, 0.2) is 24.3 Å². The zero-order valence-electron chi connectivity index (χ0n) is 15.2. The molecule has 0 bridgehead atoms. The summed E-state index contributed by atoms with van der Waals surface area (Å²) < 4.78 is 25.5. The van der Waals surface area contributed by atoms with Crippen LogP contribution in [0.25, 0.3) is 0 Å². The van der Waals surface area contributed by atoms with Gasteiger partial charge in [-0.25, -0.2) is 13.2 Å². The molecule has 0 aliphatic heterocycles. The zero-order valence-corrected chi connectivity index (χ0v) is 16.0. The number of sulfonamides is 1. The van der Waals surface area contributed by atoms with Gasteiger partial charge in [0, 0.05) is 31.4 Å². The molecule has 2 N–H and O–H groups in total. The van der Waals surface area contributed by atoms with Crippen molar-refractivity contribution < 1.29 is 13.2 Å². The minimum atomic E-state index is -3.42. The number of urea groups is 1. The minimum Gasteiger partial charge on any atom is -0.372 e. The molecule has 1 aromatic carbocycles. The molecule has 1 aliphatic carbocycles. The third-order valence-corrected chi connectivity index (χ3v) is 5.37. The first kappa shape index (κ1) is 19.4. The standard InChI is InChI=1S/C17H28N4O3S/c1-4-20(5-2)15-8-10-16(11-9-15)21(25(3,23)24)13-12-18-17(22)19-14-6-7-14/h8-11,14H,4-7,12-13H2,1-3H3,(H2,18,19,22). The molecule has 140 valence electrons. The van der Waals surface area contributed by atoms with E-state index in [-0.39, 0.29) is 25.2 Å². The first-order valence-corrected chi connectivity index (χ1v) is 10.6. The van der Waals surface area contributed by atoms with E-state index in [0.717, 1.165) is 31.6 Å². The van der Waals surface area contributed by atoms with Gasteiger partial charge in [-0.3, -0.25) is 4.31 Å². The summed E-state index contributed by atoms with van der Waals surface area (Å²) in [5.74, 6) is 0. The van der Waals surface area contributed by atoms with E-state index in [1.165, 1.54) is 10.6 Å². The lowest BCUT2D eigenvalue weighted by atomic mass is 10.2. The van der Waals surface area contributed by atoms with E-state index in [4.69, 9.17) is 0 Å². The number of nitrogens with zero attached hydrogens (tertiary/aromatic N) is 2. The van der Waals surface area contributed by atoms with Crippen molar-refractivity contribution in [3.05, 3.63) is 24.3 Å². The predicted molar refractivity (Wildman–Crippen MR) is 102 cm³/mol. The topological polar surface area (TPSA) is 81.8 Å². The van der Waals surface area contributed by atoms with Gasteiger partial charge in [-0.1, -0.05) is 0 Å². The van der Waals surface area contributed by atoms with Gasteiger partial charge in [-0.15, -0.1) is 0 Å². The monoisotopic (exact) mass is 368 g/mol. The quantitative estimate of drug-likeness (QED) is 0.696. The molecule has 25 heavy (non-hydrogen) atoms. The molecule has 2 rings (SSSR count). The maximum atomic E-state index is 12.1. The third kappa shape index (κ3) is 5.81. The van der Waals surface area contributed by atoms with Crippen LogP contribution in [0.5, 0.6) is 0 Å². The van der Waals surface area contributed by atoms with Crippen LogP contribution in [-0.2, 0) is 10.0 Å². The number of hydrogen-bond donors (Lipinski definition) is 2. The van der Waals surface area contributed by atoms with E-state index in [1.54, 1.807) is 12.1 Å².